The zero-order chi connectivity index (χ0) is 15.0. The number of pyridine rings is 1. The van der Waals surface area contributed by atoms with Crippen molar-refractivity contribution in [3.8, 4) is 0 Å². The monoisotopic (exact) mass is 291 g/mol. The molecule has 0 bridgehead atoms. The lowest BCUT2D eigenvalue weighted by atomic mass is 10.2. The fourth-order valence-electron chi connectivity index (χ4n) is 2.86. The summed E-state index contributed by atoms with van der Waals surface area (Å²) in [5.74, 6) is -0.952. The Kier molecular flexibility index (Phi) is 3.63. The van der Waals surface area contributed by atoms with Crippen LogP contribution >= 0.6 is 0 Å². The summed E-state index contributed by atoms with van der Waals surface area (Å²) in [5, 5.41) is 0. The number of aryl methyl sites for hydroxylation is 1. The molecule has 0 N–H and O–H groups in total. The molecule has 1 aliphatic rings. The fraction of sp³-hybridized carbons (Fsp3) is 0.467. The average Bonchev–Trinajstić information content (AvgIpc) is 3.04. The van der Waals surface area contributed by atoms with Crippen molar-refractivity contribution in [2.75, 3.05) is 20.3 Å². The maximum absolute atomic E-state index is 14.4. The molecule has 0 radical (unpaired) electrons. The first-order valence-corrected chi connectivity index (χ1v) is 7.06. The number of ether oxygens (including phenoxy) is 1. The van der Waals surface area contributed by atoms with Crippen LogP contribution in [0.25, 0.3) is 5.65 Å². The van der Waals surface area contributed by atoms with Gasteiger partial charge in [0.05, 0.1) is 12.6 Å². The van der Waals surface area contributed by atoms with Crippen LogP contribution in [0.1, 0.15) is 28.9 Å². The quantitative estimate of drug-likeness (QED) is 0.869. The Labute approximate surface area is 122 Å². The van der Waals surface area contributed by atoms with E-state index in [1.165, 1.54) is 4.40 Å². The maximum Gasteiger partial charge on any atom is 0.277 e. The van der Waals surface area contributed by atoms with E-state index in [0.717, 1.165) is 18.4 Å². The van der Waals surface area contributed by atoms with Crippen LogP contribution in [0, 0.1) is 12.9 Å². The Morgan fingerprint density at radius 2 is 2.38 bits per heavy atom. The predicted octanol–water partition coefficient (Wildman–Crippen LogP) is 2.03. The molecular weight excluding hydrogens is 273 g/mol. The number of carbonyl (C=O) groups is 1. The highest BCUT2D eigenvalue weighted by Gasteiger charge is 2.32. The Morgan fingerprint density at radius 3 is 3.14 bits per heavy atom. The van der Waals surface area contributed by atoms with Gasteiger partial charge in [-0.2, -0.15) is 4.39 Å². The number of aromatic nitrogens is 2. The highest BCUT2D eigenvalue weighted by molar-refractivity contribution is 5.93. The molecular formula is C15H18FN3O2. The summed E-state index contributed by atoms with van der Waals surface area (Å²) in [5.41, 5.74) is 1.33. The van der Waals surface area contributed by atoms with Crippen molar-refractivity contribution in [2.45, 2.75) is 25.8 Å². The van der Waals surface area contributed by atoms with Crippen LogP contribution in [-0.4, -0.2) is 46.5 Å². The Hall–Kier alpha value is -1.95. The molecule has 3 rings (SSSR count). The zero-order valence-corrected chi connectivity index (χ0v) is 12.2. The lowest BCUT2D eigenvalue weighted by Gasteiger charge is -2.23. The third-order valence-electron chi connectivity index (χ3n) is 3.92. The number of likely N-dealkylation sites (tertiary alicyclic amines) is 1. The van der Waals surface area contributed by atoms with Gasteiger partial charge in [0.2, 0.25) is 5.95 Å². The molecule has 0 aromatic carbocycles. The highest BCUT2D eigenvalue weighted by Crippen LogP contribution is 2.22. The van der Waals surface area contributed by atoms with Gasteiger partial charge in [0.25, 0.3) is 5.91 Å². The SMILES string of the molecule is COC[C@H]1CCCN1C(=O)c1nc2cc(C)ccn2c1F. The normalized spacial score (nSPS) is 18.6. The summed E-state index contributed by atoms with van der Waals surface area (Å²) in [6.07, 6.45) is 3.39. The van der Waals surface area contributed by atoms with Crippen molar-refractivity contribution < 1.29 is 13.9 Å². The molecule has 1 amide bonds. The third kappa shape index (κ3) is 2.40. The Balaban J connectivity index is 1.96. The number of imidazole rings is 1. The van der Waals surface area contributed by atoms with Crippen LogP contribution in [0.3, 0.4) is 0 Å². The fourth-order valence-corrected chi connectivity index (χ4v) is 2.86. The van der Waals surface area contributed by atoms with Gasteiger partial charge in [0, 0.05) is 19.9 Å². The van der Waals surface area contributed by atoms with Gasteiger partial charge >= 0.3 is 0 Å². The lowest BCUT2D eigenvalue weighted by Crippen LogP contribution is -2.38. The molecule has 0 saturated carbocycles. The summed E-state index contributed by atoms with van der Waals surface area (Å²) in [6, 6.07) is 3.56. The Bertz CT molecular complexity index is 683. The number of fused-ring (bicyclic) bond motifs is 1. The van der Waals surface area contributed by atoms with E-state index in [0.29, 0.717) is 18.8 Å². The summed E-state index contributed by atoms with van der Waals surface area (Å²) >= 11 is 0. The van der Waals surface area contributed by atoms with Gasteiger partial charge in [0.15, 0.2) is 5.69 Å². The topological polar surface area (TPSA) is 46.8 Å². The first-order chi connectivity index (χ1) is 10.1. The maximum atomic E-state index is 14.4. The second kappa shape index (κ2) is 5.44. The van der Waals surface area contributed by atoms with Crippen molar-refractivity contribution in [1.82, 2.24) is 14.3 Å². The molecule has 1 fully saturated rings. The summed E-state index contributed by atoms with van der Waals surface area (Å²) < 4.78 is 20.8. The number of methoxy groups -OCH3 is 1. The molecule has 112 valence electrons. The van der Waals surface area contributed by atoms with E-state index in [1.54, 1.807) is 30.3 Å². The van der Waals surface area contributed by atoms with E-state index in [1.807, 2.05) is 6.92 Å². The zero-order valence-electron chi connectivity index (χ0n) is 12.2. The van der Waals surface area contributed by atoms with Gasteiger partial charge in [-0.15, -0.1) is 0 Å². The first-order valence-electron chi connectivity index (χ1n) is 7.06. The van der Waals surface area contributed by atoms with E-state index >= 15 is 0 Å². The number of rotatable bonds is 3. The number of halogens is 1. The van der Waals surface area contributed by atoms with Crippen molar-refractivity contribution in [1.29, 1.82) is 0 Å². The molecule has 2 aromatic rings. The van der Waals surface area contributed by atoms with E-state index in [-0.39, 0.29) is 17.6 Å². The van der Waals surface area contributed by atoms with Gasteiger partial charge in [-0.05, 0) is 37.5 Å². The van der Waals surface area contributed by atoms with Crippen LogP contribution in [-0.2, 0) is 4.74 Å². The molecule has 0 spiro atoms. The van der Waals surface area contributed by atoms with Crippen LogP contribution in [0.15, 0.2) is 18.3 Å². The largest absolute Gasteiger partial charge is 0.383 e. The summed E-state index contributed by atoms with van der Waals surface area (Å²) in [6.45, 7) is 3.00. The van der Waals surface area contributed by atoms with Crippen LogP contribution in [0.5, 0.6) is 0 Å². The van der Waals surface area contributed by atoms with Crippen LogP contribution in [0.2, 0.25) is 0 Å². The Morgan fingerprint density at radius 1 is 1.57 bits per heavy atom. The average molecular weight is 291 g/mol. The van der Waals surface area contributed by atoms with Gasteiger partial charge in [-0.1, -0.05) is 0 Å². The molecule has 2 aromatic heterocycles. The van der Waals surface area contributed by atoms with Gasteiger partial charge in [-0.25, -0.2) is 4.98 Å². The first kappa shape index (κ1) is 14.0. The minimum atomic E-state index is -0.599. The number of hydrogen-bond donors (Lipinski definition) is 0. The van der Waals surface area contributed by atoms with Crippen LogP contribution < -0.4 is 0 Å². The van der Waals surface area contributed by atoms with Crippen molar-refractivity contribution >= 4 is 11.6 Å². The molecule has 1 aliphatic heterocycles. The molecule has 6 heteroatoms. The number of amides is 1. The van der Waals surface area contributed by atoms with E-state index in [9.17, 15) is 9.18 Å². The number of hydrogen-bond acceptors (Lipinski definition) is 3. The van der Waals surface area contributed by atoms with Crippen molar-refractivity contribution in [2.24, 2.45) is 0 Å². The minimum Gasteiger partial charge on any atom is -0.383 e. The third-order valence-corrected chi connectivity index (χ3v) is 3.92. The highest BCUT2D eigenvalue weighted by atomic mass is 19.1. The molecule has 5 nitrogen and oxygen atoms in total. The van der Waals surface area contributed by atoms with Gasteiger partial charge in [-0.3, -0.25) is 9.20 Å². The van der Waals surface area contributed by atoms with Gasteiger partial charge in [0.1, 0.15) is 5.65 Å². The van der Waals surface area contributed by atoms with Crippen LogP contribution in [0.4, 0.5) is 4.39 Å². The minimum absolute atomic E-state index is 0.00782. The standard InChI is InChI=1S/C15H18FN3O2/c1-10-5-7-19-12(8-10)17-13(14(19)16)15(20)18-6-3-4-11(18)9-21-2/h5,7-8,11H,3-4,6,9H2,1-2H3/t11-/m1/s1. The summed E-state index contributed by atoms with van der Waals surface area (Å²) in [4.78, 5) is 18.4. The van der Waals surface area contributed by atoms with E-state index in [2.05, 4.69) is 4.98 Å². The second-order valence-corrected chi connectivity index (χ2v) is 5.43. The molecule has 0 unspecified atom stereocenters. The molecule has 1 atom stereocenters. The second-order valence-electron chi connectivity index (χ2n) is 5.43. The molecule has 1 saturated heterocycles. The van der Waals surface area contributed by atoms with Gasteiger partial charge < -0.3 is 9.64 Å². The summed E-state index contributed by atoms with van der Waals surface area (Å²) in [7, 11) is 1.61. The molecule has 21 heavy (non-hydrogen) atoms. The van der Waals surface area contributed by atoms with Crippen molar-refractivity contribution in [3.05, 3.63) is 35.5 Å². The van der Waals surface area contributed by atoms with Crippen molar-refractivity contribution in [3.63, 3.8) is 0 Å². The van der Waals surface area contributed by atoms with E-state index < -0.39 is 5.95 Å². The predicted molar refractivity (Wildman–Crippen MR) is 75.8 cm³/mol. The number of nitrogens with zero attached hydrogens (tertiary/aromatic N) is 3. The lowest BCUT2D eigenvalue weighted by molar-refractivity contribution is 0.0620. The smallest absolute Gasteiger partial charge is 0.277 e. The number of carbonyl (C=O) groups excluding carboxylic acids is 1. The molecule has 3 heterocycles. The van der Waals surface area contributed by atoms with E-state index in [4.69, 9.17) is 4.74 Å². The molecule has 0 aliphatic carbocycles.